The molecule has 0 unspecified atom stereocenters. The lowest BCUT2D eigenvalue weighted by Crippen LogP contribution is -1.96. The van der Waals surface area contributed by atoms with E-state index in [1.54, 1.807) is 18.2 Å². The first-order valence-electron chi connectivity index (χ1n) is 7.06. The zero-order valence-electron chi connectivity index (χ0n) is 12.4. The molecule has 4 rings (SSSR count). The van der Waals surface area contributed by atoms with Gasteiger partial charge in [-0.1, -0.05) is 29.3 Å². The fourth-order valence-electron chi connectivity index (χ4n) is 2.37. The van der Waals surface area contributed by atoms with Gasteiger partial charge in [0.05, 0.1) is 15.6 Å². The summed E-state index contributed by atoms with van der Waals surface area (Å²) in [6.07, 6.45) is 1.43. The summed E-state index contributed by atoms with van der Waals surface area (Å²) < 4.78 is 0. The summed E-state index contributed by atoms with van der Waals surface area (Å²) in [7, 11) is 0. The molecule has 0 amide bonds. The molecule has 0 saturated carbocycles. The molecule has 3 heterocycles. The molecule has 1 aromatic carbocycles. The molecule has 0 aliphatic carbocycles. The van der Waals surface area contributed by atoms with Gasteiger partial charge in [-0.3, -0.25) is 5.10 Å². The molecule has 0 radical (unpaired) electrons. The molecule has 7 nitrogen and oxygen atoms in total. The Hall–Kier alpha value is -2.64. The Morgan fingerprint density at radius 2 is 1.92 bits per heavy atom. The lowest BCUT2D eigenvalue weighted by molar-refractivity contribution is 1.05. The van der Waals surface area contributed by atoms with E-state index in [2.05, 4.69) is 35.5 Å². The highest BCUT2D eigenvalue weighted by atomic mass is 35.5. The first-order chi connectivity index (χ1) is 11.6. The number of fused-ring (bicyclic) bond motifs is 1. The van der Waals surface area contributed by atoms with Crippen molar-refractivity contribution < 1.29 is 0 Å². The Morgan fingerprint density at radius 1 is 1.12 bits per heavy atom. The van der Waals surface area contributed by atoms with E-state index < -0.39 is 0 Å². The van der Waals surface area contributed by atoms with Crippen LogP contribution in [0.4, 0.5) is 11.6 Å². The number of H-pyrrole nitrogens is 2. The van der Waals surface area contributed by atoms with Gasteiger partial charge in [-0.2, -0.15) is 5.10 Å². The van der Waals surface area contributed by atoms with Gasteiger partial charge in [0.2, 0.25) is 0 Å². The number of halogens is 2. The van der Waals surface area contributed by atoms with Crippen LogP contribution in [0, 0.1) is 6.92 Å². The van der Waals surface area contributed by atoms with Crippen molar-refractivity contribution in [1.29, 1.82) is 0 Å². The lowest BCUT2D eigenvalue weighted by atomic mass is 10.2. The van der Waals surface area contributed by atoms with Crippen LogP contribution in [0.5, 0.6) is 0 Å². The Labute approximate surface area is 146 Å². The SMILES string of the molecule is Cc1cc(Nc2ncnc3nc(-c4c(Cl)cccc4Cl)[nH]c23)n[nH]1. The minimum absolute atomic E-state index is 0.505. The van der Waals surface area contributed by atoms with Crippen LogP contribution in [-0.2, 0) is 0 Å². The molecule has 0 bridgehead atoms. The first kappa shape index (κ1) is 14.9. The van der Waals surface area contributed by atoms with Gasteiger partial charge in [-0.05, 0) is 19.1 Å². The molecule has 0 saturated heterocycles. The Morgan fingerprint density at radius 3 is 2.62 bits per heavy atom. The summed E-state index contributed by atoms with van der Waals surface area (Å²) in [6.45, 7) is 1.92. The fraction of sp³-hybridized carbons (Fsp3) is 0.0667. The zero-order chi connectivity index (χ0) is 16.7. The van der Waals surface area contributed by atoms with Crippen LogP contribution in [0.2, 0.25) is 10.0 Å². The normalized spacial score (nSPS) is 11.1. The van der Waals surface area contributed by atoms with Crippen LogP contribution in [0.25, 0.3) is 22.6 Å². The molecule has 0 aliphatic heterocycles. The third-order valence-corrected chi connectivity index (χ3v) is 4.07. The fourth-order valence-corrected chi connectivity index (χ4v) is 2.95. The predicted molar refractivity (Wildman–Crippen MR) is 93.7 cm³/mol. The summed E-state index contributed by atoms with van der Waals surface area (Å²) in [5.41, 5.74) is 2.71. The zero-order valence-corrected chi connectivity index (χ0v) is 13.9. The monoisotopic (exact) mass is 359 g/mol. The molecule has 3 aromatic heterocycles. The number of nitrogens with one attached hydrogen (secondary N) is 3. The van der Waals surface area contributed by atoms with Crippen LogP contribution in [0.15, 0.2) is 30.6 Å². The van der Waals surface area contributed by atoms with Crippen molar-refractivity contribution >= 4 is 46.0 Å². The second-order valence-electron chi connectivity index (χ2n) is 5.16. The molecule has 3 N–H and O–H groups in total. The molecule has 120 valence electrons. The van der Waals surface area contributed by atoms with E-state index in [1.165, 1.54) is 6.33 Å². The minimum Gasteiger partial charge on any atom is -0.333 e. The quantitative estimate of drug-likeness (QED) is 0.511. The summed E-state index contributed by atoms with van der Waals surface area (Å²) in [5.74, 6) is 1.75. The Bertz CT molecular complexity index is 1020. The van der Waals surface area contributed by atoms with Crippen LogP contribution in [-0.4, -0.2) is 30.1 Å². The maximum absolute atomic E-state index is 6.25. The molecule has 24 heavy (non-hydrogen) atoms. The number of rotatable bonds is 3. The second kappa shape index (κ2) is 5.77. The molecule has 0 aliphatic rings. The minimum atomic E-state index is 0.505. The lowest BCUT2D eigenvalue weighted by Gasteiger charge is -2.03. The number of hydrogen-bond acceptors (Lipinski definition) is 5. The van der Waals surface area contributed by atoms with Gasteiger partial charge in [0.25, 0.3) is 0 Å². The molecule has 0 atom stereocenters. The van der Waals surface area contributed by atoms with Gasteiger partial charge in [0.15, 0.2) is 17.3 Å². The van der Waals surface area contributed by atoms with Gasteiger partial charge in [0, 0.05) is 11.8 Å². The molecule has 9 heteroatoms. The van der Waals surface area contributed by atoms with Gasteiger partial charge < -0.3 is 10.3 Å². The predicted octanol–water partition coefficient (Wildman–Crippen LogP) is 4.10. The van der Waals surface area contributed by atoms with E-state index in [0.29, 0.717) is 44.2 Å². The maximum atomic E-state index is 6.25. The largest absolute Gasteiger partial charge is 0.333 e. The number of benzene rings is 1. The number of aryl methyl sites for hydroxylation is 1. The summed E-state index contributed by atoms with van der Waals surface area (Å²) in [4.78, 5) is 16.1. The average Bonchev–Trinajstić information content (AvgIpc) is 3.14. The summed E-state index contributed by atoms with van der Waals surface area (Å²) in [5, 5.41) is 11.1. The van der Waals surface area contributed by atoms with Crippen molar-refractivity contribution in [3.63, 3.8) is 0 Å². The highest BCUT2D eigenvalue weighted by Gasteiger charge is 2.16. The van der Waals surface area contributed by atoms with E-state index in [4.69, 9.17) is 23.2 Å². The van der Waals surface area contributed by atoms with Gasteiger partial charge in [0.1, 0.15) is 17.7 Å². The molecular formula is C15H11Cl2N7. The highest BCUT2D eigenvalue weighted by Crippen LogP contribution is 2.34. The van der Waals surface area contributed by atoms with Gasteiger partial charge in [-0.25, -0.2) is 15.0 Å². The van der Waals surface area contributed by atoms with Gasteiger partial charge >= 0.3 is 0 Å². The van der Waals surface area contributed by atoms with Crippen molar-refractivity contribution in [3.8, 4) is 11.4 Å². The molecule has 0 fully saturated rings. The van der Waals surface area contributed by atoms with Crippen LogP contribution in [0.1, 0.15) is 5.69 Å². The highest BCUT2D eigenvalue weighted by molar-refractivity contribution is 6.39. The second-order valence-corrected chi connectivity index (χ2v) is 5.98. The number of imidazole rings is 1. The smallest absolute Gasteiger partial charge is 0.183 e. The van der Waals surface area contributed by atoms with Crippen molar-refractivity contribution in [1.82, 2.24) is 30.1 Å². The van der Waals surface area contributed by atoms with E-state index >= 15 is 0 Å². The Balaban J connectivity index is 1.82. The van der Waals surface area contributed by atoms with Crippen molar-refractivity contribution in [2.75, 3.05) is 5.32 Å². The number of aromatic amines is 2. The third-order valence-electron chi connectivity index (χ3n) is 3.44. The van der Waals surface area contributed by atoms with E-state index in [-0.39, 0.29) is 0 Å². The van der Waals surface area contributed by atoms with Crippen LogP contribution < -0.4 is 5.32 Å². The standard InChI is InChI=1S/C15H11Cl2N7/c1-7-5-10(24-23-7)20-14-12-15(19-6-18-14)22-13(21-12)11-8(16)3-2-4-9(11)17/h2-6H,1H3,(H3,18,19,20,21,22,23,24). The molecular weight excluding hydrogens is 349 g/mol. The first-order valence-corrected chi connectivity index (χ1v) is 7.81. The summed E-state index contributed by atoms with van der Waals surface area (Å²) in [6, 6.07) is 7.17. The number of anilines is 2. The number of hydrogen-bond donors (Lipinski definition) is 3. The Kier molecular flexibility index (Phi) is 3.59. The van der Waals surface area contributed by atoms with Crippen molar-refractivity contribution in [2.45, 2.75) is 6.92 Å². The molecule has 0 spiro atoms. The average molecular weight is 360 g/mol. The maximum Gasteiger partial charge on any atom is 0.183 e. The van der Waals surface area contributed by atoms with Crippen molar-refractivity contribution in [3.05, 3.63) is 46.3 Å². The summed E-state index contributed by atoms with van der Waals surface area (Å²) >= 11 is 12.5. The molecule has 4 aromatic rings. The van der Waals surface area contributed by atoms with Crippen LogP contribution >= 0.6 is 23.2 Å². The van der Waals surface area contributed by atoms with E-state index in [0.717, 1.165) is 5.69 Å². The van der Waals surface area contributed by atoms with E-state index in [9.17, 15) is 0 Å². The third kappa shape index (κ3) is 2.57. The van der Waals surface area contributed by atoms with Crippen LogP contribution in [0.3, 0.4) is 0 Å². The number of aromatic nitrogens is 6. The van der Waals surface area contributed by atoms with Crippen molar-refractivity contribution in [2.24, 2.45) is 0 Å². The number of nitrogens with zero attached hydrogens (tertiary/aromatic N) is 4. The topological polar surface area (TPSA) is 95.2 Å². The van der Waals surface area contributed by atoms with Gasteiger partial charge in [-0.15, -0.1) is 0 Å². The van der Waals surface area contributed by atoms with E-state index in [1.807, 2.05) is 13.0 Å².